The Bertz CT molecular complexity index is 3550. The monoisotopic (exact) mass is 804 g/mol. The molecular weight excluding hydrogens is 765 g/mol. The fourth-order valence-corrected chi connectivity index (χ4v) is 10.9. The number of benzene rings is 10. The molecule has 296 valence electrons. The van der Waals surface area contributed by atoms with Crippen LogP contribution in [0.2, 0.25) is 0 Å². The second-order valence-corrected chi connectivity index (χ2v) is 16.9. The minimum absolute atomic E-state index is 0.652. The van der Waals surface area contributed by atoms with Crippen molar-refractivity contribution >= 4 is 66.8 Å². The molecular formula is C60H40N2O. The minimum Gasteiger partial charge on any atom is -0.455 e. The zero-order valence-corrected chi connectivity index (χ0v) is 34.7. The van der Waals surface area contributed by atoms with Crippen molar-refractivity contribution in [1.82, 2.24) is 0 Å². The molecule has 1 aromatic heterocycles. The van der Waals surface area contributed by atoms with E-state index in [0.717, 1.165) is 61.6 Å². The Morgan fingerprint density at radius 1 is 0.349 bits per heavy atom. The van der Waals surface area contributed by atoms with Gasteiger partial charge in [-0.2, -0.15) is 0 Å². The smallest absolute Gasteiger partial charge is 0.143 e. The molecule has 0 aliphatic heterocycles. The highest BCUT2D eigenvalue weighted by Crippen LogP contribution is 2.66. The summed E-state index contributed by atoms with van der Waals surface area (Å²) >= 11 is 0. The van der Waals surface area contributed by atoms with Crippen LogP contribution in [0.25, 0.3) is 55.0 Å². The first kappa shape index (κ1) is 35.6. The molecule has 1 heterocycles. The van der Waals surface area contributed by atoms with Crippen LogP contribution in [-0.2, 0) is 5.41 Å². The van der Waals surface area contributed by atoms with Crippen LogP contribution in [0.3, 0.4) is 0 Å². The molecule has 0 N–H and O–H groups in total. The van der Waals surface area contributed by atoms with E-state index >= 15 is 0 Å². The number of nitrogens with zero attached hydrogens (tertiary/aromatic N) is 2. The Kier molecular flexibility index (Phi) is 7.73. The van der Waals surface area contributed by atoms with Crippen molar-refractivity contribution in [2.45, 2.75) is 12.3 Å². The first-order valence-electron chi connectivity index (χ1n) is 21.8. The third-order valence-corrected chi connectivity index (χ3v) is 13.5. The molecule has 0 amide bonds. The molecule has 0 saturated heterocycles. The number of hydrogen-bond donors (Lipinski definition) is 0. The second-order valence-electron chi connectivity index (χ2n) is 16.9. The van der Waals surface area contributed by atoms with Crippen molar-refractivity contribution in [3.05, 3.63) is 252 Å². The summed E-state index contributed by atoms with van der Waals surface area (Å²) in [5, 5.41) is 4.74. The number of rotatable bonds is 6. The summed E-state index contributed by atoms with van der Waals surface area (Å²) in [4.78, 5) is 4.77. The van der Waals surface area contributed by atoms with Crippen molar-refractivity contribution in [2.24, 2.45) is 0 Å². The summed E-state index contributed by atoms with van der Waals surface area (Å²) in [6.45, 7) is 2.17. The Morgan fingerprint density at radius 3 is 1.63 bits per heavy atom. The zero-order chi connectivity index (χ0) is 41.6. The van der Waals surface area contributed by atoms with Gasteiger partial charge in [-0.25, -0.2) is 0 Å². The number of aryl methyl sites for hydroxylation is 1. The van der Waals surface area contributed by atoms with E-state index in [-0.39, 0.29) is 0 Å². The van der Waals surface area contributed by atoms with Gasteiger partial charge in [-0.1, -0.05) is 146 Å². The first-order valence-corrected chi connectivity index (χ1v) is 21.8. The van der Waals surface area contributed by atoms with Crippen LogP contribution in [0, 0.1) is 6.92 Å². The van der Waals surface area contributed by atoms with Gasteiger partial charge in [0.15, 0.2) is 0 Å². The van der Waals surface area contributed by atoms with E-state index in [1.165, 1.54) is 55.3 Å². The third kappa shape index (κ3) is 5.14. The van der Waals surface area contributed by atoms with E-state index in [0.29, 0.717) is 0 Å². The molecule has 1 atom stereocenters. The fraction of sp³-hybridized carbons (Fsp3) is 0.0333. The quantitative estimate of drug-likeness (QED) is 0.167. The van der Waals surface area contributed by atoms with Crippen LogP contribution in [-0.4, -0.2) is 0 Å². The topological polar surface area (TPSA) is 19.6 Å². The van der Waals surface area contributed by atoms with Crippen LogP contribution < -0.4 is 9.80 Å². The molecule has 1 unspecified atom stereocenters. The van der Waals surface area contributed by atoms with Crippen molar-refractivity contribution in [3.63, 3.8) is 0 Å². The molecule has 13 rings (SSSR count). The van der Waals surface area contributed by atoms with Gasteiger partial charge >= 0.3 is 0 Å². The van der Waals surface area contributed by atoms with Gasteiger partial charge in [-0.3, -0.25) is 0 Å². The summed E-state index contributed by atoms with van der Waals surface area (Å²) in [7, 11) is 0. The molecule has 2 aliphatic rings. The largest absolute Gasteiger partial charge is 0.455 e. The fourth-order valence-electron chi connectivity index (χ4n) is 10.9. The number of para-hydroxylation sites is 4. The third-order valence-electron chi connectivity index (χ3n) is 13.5. The maximum Gasteiger partial charge on any atom is 0.143 e. The molecule has 0 saturated carbocycles. The van der Waals surface area contributed by atoms with Crippen LogP contribution in [0.15, 0.2) is 229 Å². The van der Waals surface area contributed by atoms with Gasteiger partial charge in [0.25, 0.3) is 0 Å². The highest BCUT2D eigenvalue weighted by molar-refractivity contribution is 6.14. The van der Waals surface area contributed by atoms with Crippen molar-refractivity contribution in [2.75, 3.05) is 9.80 Å². The summed E-state index contributed by atoms with van der Waals surface area (Å²) in [5.41, 5.74) is 18.9. The van der Waals surface area contributed by atoms with Crippen molar-refractivity contribution in [3.8, 4) is 22.3 Å². The van der Waals surface area contributed by atoms with Crippen LogP contribution >= 0.6 is 0 Å². The Hall–Kier alpha value is -8.14. The SMILES string of the molecule is Cc1cccc(N(c2ccccc2)c2ccc3c(c2)C2(c4ccc(N(c5ccccc5)c5ccccc5)cc4-c4c2ccc2c4oc4ccccc42)c2ccc4ccccc4c2-3)c1. The Labute approximate surface area is 366 Å². The van der Waals surface area contributed by atoms with E-state index in [1.807, 2.05) is 0 Å². The first-order chi connectivity index (χ1) is 31.2. The van der Waals surface area contributed by atoms with Gasteiger partial charge in [0, 0.05) is 50.5 Å². The van der Waals surface area contributed by atoms with Gasteiger partial charge in [0.1, 0.15) is 11.2 Å². The lowest BCUT2D eigenvalue weighted by Crippen LogP contribution is -2.26. The molecule has 2 aliphatic carbocycles. The van der Waals surface area contributed by atoms with Crippen LogP contribution in [0.4, 0.5) is 34.1 Å². The van der Waals surface area contributed by atoms with E-state index in [9.17, 15) is 0 Å². The molecule has 11 aromatic rings. The number of anilines is 6. The average Bonchev–Trinajstić information content (AvgIpc) is 3.96. The molecule has 0 fully saturated rings. The lowest BCUT2D eigenvalue weighted by atomic mass is 9.70. The Morgan fingerprint density at radius 2 is 0.905 bits per heavy atom. The van der Waals surface area contributed by atoms with E-state index in [2.05, 4.69) is 241 Å². The predicted octanol–water partition coefficient (Wildman–Crippen LogP) is 16.3. The predicted molar refractivity (Wildman–Crippen MR) is 262 cm³/mol. The molecule has 3 nitrogen and oxygen atoms in total. The van der Waals surface area contributed by atoms with Crippen molar-refractivity contribution < 1.29 is 4.42 Å². The van der Waals surface area contributed by atoms with Crippen LogP contribution in [0.1, 0.15) is 27.8 Å². The minimum atomic E-state index is -0.652. The normalized spacial score (nSPS) is 14.5. The summed E-state index contributed by atoms with van der Waals surface area (Å²) in [6, 6.07) is 82.1. The highest BCUT2D eigenvalue weighted by Gasteiger charge is 2.53. The van der Waals surface area contributed by atoms with Gasteiger partial charge in [-0.05, 0) is 141 Å². The molecule has 3 heteroatoms. The summed E-state index contributed by atoms with van der Waals surface area (Å²) in [5.74, 6) is 0. The number of fused-ring (bicyclic) bond motifs is 16. The molecule has 63 heavy (non-hydrogen) atoms. The zero-order valence-electron chi connectivity index (χ0n) is 34.7. The molecule has 1 spiro atoms. The maximum absolute atomic E-state index is 7.04. The average molecular weight is 805 g/mol. The Balaban J connectivity index is 1.16. The molecule has 0 radical (unpaired) electrons. The van der Waals surface area contributed by atoms with Crippen LogP contribution in [0.5, 0.6) is 0 Å². The van der Waals surface area contributed by atoms with Gasteiger partial charge in [0.05, 0.1) is 5.41 Å². The number of hydrogen-bond acceptors (Lipinski definition) is 3. The maximum atomic E-state index is 7.04. The van der Waals surface area contributed by atoms with E-state index < -0.39 is 5.41 Å². The second kappa shape index (κ2) is 13.7. The lowest BCUT2D eigenvalue weighted by Gasteiger charge is -2.32. The van der Waals surface area contributed by atoms with Gasteiger partial charge in [0.2, 0.25) is 0 Å². The van der Waals surface area contributed by atoms with E-state index in [1.54, 1.807) is 0 Å². The molecule has 0 bridgehead atoms. The lowest BCUT2D eigenvalue weighted by molar-refractivity contribution is 0.669. The standard InChI is InChI=1S/C60H40N2O/c1-39-16-15-24-44(36-39)62(43-22-9-4-10-23-43)46-29-31-50-55(38-46)60(53-33-28-40-17-11-12-25-47(40)57(50)53)52-34-30-45(61(41-18-5-2-6-19-41)42-20-7-3-8-21-42)37-51(52)58-54(60)35-32-49-48-26-13-14-27-56(48)63-59(49)58/h2-38H,1H3. The van der Waals surface area contributed by atoms with Crippen molar-refractivity contribution in [1.29, 1.82) is 0 Å². The number of furan rings is 1. The van der Waals surface area contributed by atoms with E-state index in [4.69, 9.17) is 4.42 Å². The van der Waals surface area contributed by atoms with Gasteiger partial charge in [-0.15, -0.1) is 0 Å². The summed E-state index contributed by atoms with van der Waals surface area (Å²) < 4.78 is 7.04. The van der Waals surface area contributed by atoms with Gasteiger partial charge < -0.3 is 14.2 Å². The summed E-state index contributed by atoms with van der Waals surface area (Å²) in [6.07, 6.45) is 0. The molecule has 10 aromatic carbocycles. The highest BCUT2D eigenvalue weighted by atomic mass is 16.3.